The number of hydrogen-bond donors (Lipinski definition) is 2. The first-order valence-corrected chi connectivity index (χ1v) is 5.16. The predicted octanol–water partition coefficient (Wildman–Crippen LogP) is 1.28. The van der Waals surface area contributed by atoms with E-state index in [2.05, 4.69) is 0 Å². The number of aliphatic hydroxyl groups is 1. The standard InChI is InChI=1S/C11H11FO4/c12-6-5-7-10(16-4-3-15-7)8(9(6)13)11(14)1-2-11/h5,13-14H,1-4H2. The SMILES string of the molecule is Oc1c(F)cc2c(c1C1(O)CC1)OCCO2. The van der Waals surface area contributed by atoms with Crippen LogP contribution in [0, 0.1) is 5.82 Å². The van der Waals surface area contributed by atoms with Gasteiger partial charge in [-0.05, 0) is 12.8 Å². The Balaban J connectivity index is 2.23. The number of aromatic hydroxyl groups is 1. The first-order chi connectivity index (χ1) is 7.62. The topological polar surface area (TPSA) is 58.9 Å². The number of phenolic OH excluding ortho intramolecular Hbond substituents is 1. The summed E-state index contributed by atoms with van der Waals surface area (Å²) in [6.45, 7) is 0.677. The molecule has 0 saturated heterocycles. The fourth-order valence-corrected chi connectivity index (χ4v) is 1.95. The molecule has 0 bridgehead atoms. The van der Waals surface area contributed by atoms with Crippen LogP contribution in [0.15, 0.2) is 6.07 Å². The van der Waals surface area contributed by atoms with Crippen molar-refractivity contribution in [3.63, 3.8) is 0 Å². The number of benzene rings is 1. The summed E-state index contributed by atoms with van der Waals surface area (Å²) in [7, 11) is 0. The Morgan fingerprint density at radius 2 is 1.94 bits per heavy atom. The maximum absolute atomic E-state index is 13.4. The van der Waals surface area contributed by atoms with Crippen molar-refractivity contribution in [1.29, 1.82) is 0 Å². The highest BCUT2D eigenvalue weighted by atomic mass is 19.1. The third kappa shape index (κ3) is 1.24. The second kappa shape index (κ2) is 3.01. The molecule has 1 aliphatic carbocycles. The van der Waals surface area contributed by atoms with Crippen LogP contribution < -0.4 is 9.47 Å². The van der Waals surface area contributed by atoms with Crippen LogP contribution in [0.25, 0.3) is 0 Å². The molecule has 2 aliphatic rings. The Labute approximate surface area is 91.2 Å². The first-order valence-electron chi connectivity index (χ1n) is 5.16. The van der Waals surface area contributed by atoms with Gasteiger partial charge in [-0.1, -0.05) is 0 Å². The van der Waals surface area contributed by atoms with E-state index >= 15 is 0 Å². The molecule has 1 saturated carbocycles. The lowest BCUT2D eigenvalue weighted by atomic mass is 10.0. The molecule has 86 valence electrons. The third-order valence-corrected chi connectivity index (χ3v) is 2.95. The van der Waals surface area contributed by atoms with Gasteiger partial charge in [-0.15, -0.1) is 0 Å². The zero-order valence-electron chi connectivity index (χ0n) is 8.49. The molecule has 3 rings (SSSR count). The van der Waals surface area contributed by atoms with Gasteiger partial charge in [0.1, 0.15) is 13.2 Å². The molecule has 16 heavy (non-hydrogen) atoms. The molecule has 5 heteroatoms. The number of phenols is 1. The fourth-order valence-electron chi connectivity index (χ4n) is 1.95. The van der Waals surface area contributed by atoms with E-state index in [0.717, 1.165) is 6.07 Å². The maximum Gasteiger partial charge on any atom is 0.171 e. The first kappa shape index (κ1) is 9.72. The Morgan fingerprint density at radius 1 is 1.25 bits per heavy atom. The van der Waals surface area contributed by atoms with Crippen LogP contribution in [0.3, 0.4) is 0 Å². The number of fused-ring (bicyclic) bond motifs is 1. The molecule has 0 spiro atoms. The van der Waals surface area contributed by atoms with Crippen LogP contribution >= 0.6 is 0 Å². The smallest absolute Gasteiger partial charge is 0.171 e. The summed E-state index contributed by atoms with van der Waals surface area (Å²) in [4.78, 5) is 0. The summed E-state index contributed by atoms with van der Waals surface area (Å²) >= 11 is 0. The molecule has 1 fully saturated rings. The lowest BCUT2D eigenvalue weighted by Gasteiger charge is -2.24. The molecule has 0 amide bonds. The Bertz CT molecular complexity index is 454. The summed E-state index contributed by atoms with van der Waals surface area (Å²) in [5.74, 6) is -0.814. The summed E-state index contributed by atoms with van der Waals surface area (Å²) < 4.78 is 24.0. The van der Waals surface area contributed by atoms with E-state index in [-0.39, 0.29) is 17.1 Å². The van der Waals surface area contributed by atoms with Crippen molar-refractivity contribution in [2.24, 2.45) is 0 Å². The molecule has 1 heterocycles. The van der Waals surface area contributed by atoms with Gasteiger partial charge in [0, 0.05) is 6.07 Å². The van der Waals surface area contributed by atoms with E-state index < -0.39 is 17.2 Å². The minimum Gasteiger partial charge on any atom is -0.504 e. The van der Waals surface area contributed by atoms with Crippen molar-refractivity contribution in [3.05, 3.63) is 17.4 Å². The molecule has 0 radical (unpaired) electrons. The zero-order chi connectivity index (χ0) is 11.3. The highest BCUT2D eigenvalue weighted by Crippen LogP contribution is 2.55. The average Bonchev–Trinajstić information content (AvgIpc) is 2.99. The summed E-state index contributed by atoms with van der Waals surface area (Å²) in [6, 6.07) is 1.08. The third-order valence-electron chi connectivity index (χ3n) is 2.95. The quantitative estimate of drug-likeness (QED) is 0.757. The lowest BCUT2D eigenvalue weighted by Crippen LogP contribution is -2.19. The summed E-state index contributed by atoms with van der Waals surface area (Å²) in [6.07, 6.45) is 1.000. The normalized spacial score (nSPS) is 20.6. The van der Waals surface area contributed by atoms with E-state index in [4.69, 9.17) is 9.47 Å². The monoisotopic (exact) mass is 226 g/mol. The molecule has 0 atom stereocenters. The maximum atomic E-state index is 13.4. The van der Waals surface area contributed by atoms with Crippen LogP contribution in [-0.4, -0.2) is 23.4 Å². The van der Waals surface area contributed by atoms with E-state index in [9.17, 15) is 14.6 Å². The van der Waals surface area contributed by atoms with Gasteiger partial charge in [0.05, 0.1) is 11.2 Å². The van der Waals surface area contributed by atoms with Gasteiger partial charge in [-0.25, -0.2) is 4.39 Å². The predicted molar refractivity (Wildman–Crippen MR) is 52.2 cm³/mol. The molecule has 1 aromatic carbocycles. The van der Waals surface area contributed by atoms with Gasteiger partial charge in [0.2, 0.25) is 0 Å². The van der Waals surface area contributed by atoms with Crippen molar-refractivity contribution < 1.29 is 24.1 Å². The van der Waals surface area contributed by atoms with Crippen molar-refractivity contribution >= 4 is 0 Å². The minimum atomic E-state index is -1.16. The Hall–Kier alpha value is -1.49. The molecule has 0 aromatic heterocycles. The highest BCUT2D eigenvalue weighted by Gasteiger charge is 2.48. The summed E-state index contributed by atoms with van der Waals surface area (Å²) in [5, 5.41) is 19.7. The van der Waals surface area contributed by atoms with Gasteiger partial charge in [-0.3, -0.25) is 0 Å². The van der Waals surface area contributed by atoms with Crippen LogP contribution in [0.4, 0.5) is 4.39 Å². The van der Waals surface area contributed by atoms with Crippen molar-refractivity contribution in [2.75, 3.05) is 13.2 Å². The van der Waals surface area contributed by atoms with Crippen LogP contribution in [-0.2, 0) is 5.60 Å². The molecule has 4 nitrogen and oxygen atoms in total. The summed E-state index contributed by atoms with van der Waals surface area (Å²) in [5.41, 5.74) is -1.03. The molecule has 1 aromatic rings. The van der Waals surface area contributed by atoms with Crippen molar-refractivity contribution in [3.8, 4) is 17.2 Å². The number of halogens is 1. The van der Waals surface area contributed by atoms with Gasteiger partial charge in [-0.2, -0.15) is 0 Å². The average molecular weight is 226 g/mol. The second-order valence-electron chi connectivity index (χ2n) is 4.14. The minimum absolute atomic E-state index is 0.127. The second-order valence-corrected chi connectivity index (χ2v) is 4.14. The van der Waals surface area contributed by atoms with Gasteiger partial charge in [0.25, 0.3) is 0 Å². The van der Waals surface area contributed by atoms with E-state index in [0.29, 0.717) is 26.1 Å². The molecule has 0 unspecified atom stereocenters. The molecular formula is C11H11FO4. The Morgan fingerprint density at radius 3 is 2.62 bits per heavy atom. The molecule has 2 N–H and O–H groups in total. The van der Waals surface area contributed by atoms with Crippen LogP contribution in [0.5, 0.6) is 17.2 Å². The number of rotatable bonds is 1. The van der Waals surface area contributed by atoms with Gasteiger partial charge < -0.3 is 19.7 Å². The van der Waals surface area contributed by atoms with Gasteiger partial charge in [0.15, 0.2) is 23.1 Å². The van der Waals surface area contributed by atoms with E-state index in [1.54, 1.807) is 0 Å². The molecule has 1 aliphatic heterocycles. The number of hydrogen-bond acceptors (Lipinski definition) is 4. The van der Waals surface area contributed by atoms with Crippen LogP contribution in [0.1, 0.15) is 18.4 Å². The lowest BCUT2D eigenvalue weighted by molar-refractivity contribution is 0.125. The van der Waals surface area contributed by atoms with Crippen LogP contribution in [0.2, 0.25) is 0 Å². The fraction of sp³-hybridized carbons (Fsp3) is 0.455. The number of ether oxygens (including phenoxy) is 2. The van der Waals surface area contributed by atoms with E-state index in [1.165, 1.54) is 0 Å². The Kier molecular flexibility index (Phi) is 1.83. The van der Waals surface area contributed by atoms with Gasteiger partial charge >= 0.3 is 0 Å². The molecular weight excluding hydrogens is 215 g/mol. The highest BCUT2D eigenvalue weighted by molar-refractivity contribution is 5.58. The van der Waals surface area contributed by atoms with Crippen molar-refractivity contribution in [1.82, 2.24) is 0 Å². The largest absolute Gasteiger partial charge is 0.504 e. The van der Waals surface area contributed by atoms with Crippen molar-refractivity contribution in [2.45, 2.75) is 18.4 Å². The zero-order valence-corrected chi connectivity index (χ0v) is 8.49. The van der Waals surface area contributed by atoms with E-state index in [1.807, 2.05) is 0 Å².